The molecule has 0 amide bonds. The predicted molar refractivity (Wildman–Crippen MR) is 84.3 cm³/mol. The molecular weight excluding hydrogens is 291 g/mol. The summed E-state index contributed by atoms with van der Waals surface area (Å²) in [5.74, 6) is 0. The second kappa shape index (κ2) is 5.74. The summed E-state index contributed by atoms with van der Waals surface area (Å²) < 4.78 is 0. The highest BCUT2D eigenvalue weighted by Gasteiger charge is 2.28. The van der Waals surface area contributed by atoms with Gasteiger partial charge >= 0.3 is 0 Å². The molecule has 2 nitrogen and oxygen atoms in total. The summed E-state index contributed by atoms with van der Waals surface area (Å²) in [5.41, 5.74) is 3.85. The molecule has 4 heteroatoms. The topological polar surface area (TPSA) is 24.1 Å². The number of hydrogen-bond donors (Lipinski definition) is 2. The molecule has 3 rings (SSSR count). The van der Waals surface area contributed by atoms with Crippen molar-refractivity contribution >= 4 is 23.2 Å². The second-order valence-corrected chi connectivity index (χ2v) is 5.84. The molecule has 0 saturated carbocycles. The summed E-state index contributed by atoms with van der Waals surface area (Å²) in [6, 6.07) is 14.6. The molecule has 2 aromatic rings. The van der Waals surface area contributed by atoms with Crippen molar-refractivity contribution in [2.24, 2.45) is 0 Å². The Bertz CT molecular complexity index is 628. The lowest BCUT2D eigenvalue weighted by atomic mass is 9.98. The fourth-order valence-electron chi connectivity index (χ4n) is 2.78. The molecule has 1 aliphatic rings. The Labute approximate surface area is 129 Å². The third-order valence-corrected chi connectivity index (χ3v) is 4.50. The fourth-order valence-corrected chi connectivity index (χ4v) is 3.10. The van der Waals surface area contributed by atoms with E-state index in [1.165, 1.54) is 16.7 Å². The average Bonchev–Trinajstić information content (AvgIpc) is 2.81. The lowest BCUT2D eigenvalue weighted by Crippen LogP contribution is -2.28. The van der Waals surface area contributed by atoms with Crippen molar-refractivity contribution in [1.82, 2.24) is 10.6 Å². The minimum atomic E-state index is 0.207. The largest absolute Gasteiger partial charge is 0.301 e. The van der Waals surface area contributed by atoms with Crippen molar-refractivity contribution < 1.29 is 0 Å². The maximum Gasteiger partial charge on any atom is 0.0841 e. The van der Waals surface area contributed by atoms with Crippen LogP contribution in [0.1, 0.15) is 28.9 Å². The SMILES string of the molecule is CN[C@@H]1N[C@@H](Cc2ccc(Cl)c(Cl)c2)c2ccccc21. The van der Waals surface area contributed by atoms with E-state index in [1.54, 1.807) is 0 Å². The molecule has 2 N–H and O–H groups in total. The Kier molecular flexibility index (Phi) is 3.99. The Morgan fingerprint density at radius 1 is 1.05 bits per heavy atom. The van der Waals surface area contributed by atoms with Gasteiger partial charge in [-0.2, -0.15) is 0 Å². The van der Waals surface area contributed by atoms with E-state index >= 15 is 0 Å². The third kappa shape index (κ3) is 2.57. The summed E-state index contributed by atoms with van der Waals surface area (Å²) >= 11 is 12.1. The summed E-state index contributed by atoms with van der Waals surface area (Å²) in [4.78, 5) is 0. The lowest BCUT2D eigenvalue weighted by Gasteiger charge is -2.15. The minimum Gasteiger partial charge on any atom is -0.301 e. The number of rotatable bonds is 3. The fraction of sp³-hybridized carbons (Fsp3) is 0.250. The van der Waals surface area contributed by atoms with Gasteiger partial charge < -0.3 is 5.32 Å². The number of benzene rings is 2. The van der Waals surface area contributed by atoms with Crippen LogP contribution in [0.5, 0.6) is 0 Å². The van der Waals surface area contributed by atoms with E-state index in [1.807, 2.05) is 25.2 Å². The molecule has 2 aromatic carbocycles. The first-order chi connectivity index (χ1) is 9.69. The standard InChI is InChI=1S/C16H16Cl2N2/c1-19-16-12-5-3-2-4-11(12)15(20-16)9-10-6-7-13(17)14(18)8-10/h2-8,15-16,19-20H,9H2,1H3/t15-,16+/m0/s1. The first-order valence-corrected chi connectivity index (χ1v) is 7.40. The molecule has 0 aliphatic carbocycles. The zero-order valence-electron chi connectivity index (χ0n) is 11.2. The van der Waals surface area contributed by atoms with Crippen molar-refractivity contribution in [2.45, 2.75) is 18.6 Å². The monoisotopic (exact) mass is 306 g/mol. The molecule has 0 saturated heterocycles. The van der Waals surface area contributed by atoms with Crippen LogP contribution in [0.4, 0.5) is 0 Å². The van der Waals surface area contributed by atoms with Gasteiger partial charge in [-0.05, 0) is 42.3 Å². The highest BCUT2D eigenvalue weighted by Crippen LogP contribution is 2.34. The molecule has 0 unspecified atom stereocenters. The van der Waals surface area contributed by atoms with Crippen molar-refractivity contribution in [3.05, 3.63) is 69.2 Å². The van der Waals surface area contributed by atoms with Crippen LogP contribution in [0.3, 0.4) is 0 Å². The maximum atomic E-state index is 6.09. The van der Waals surface area contributed by atoms with Gasteiger partial charge in [0.05, 0.1) is 16.2 Å². The van der Waals surface area contributed by atoms with Gasteiger partial charge in [0, 0.05) is 6.04 Å². The Balaban J connectivity index is 1.87. The summed E-state index contributed by atoms with van der Waals surface area (Å²) in [6.07, 6.45) is 1.10. The molecule has 1 aliphatic heterocycles. The van der Waals surface area contributed by atoms with Crippen molar-refractivity contribution in [2.75, 3.05) is 7.05 Å². The number of hydrogen-bond acceptors (Lipinski definition) is 2. The van der Waals surface area contributed by atoms with Crippen LogP contribution in [0.15, 0.2) is 42.5 Å². The van der Waals surface area contributed by atoms with Crippen LogP contribution in [-0.4, -0.2) is 7.05 Å². The van der Waals surface area contributed by atoms with Crippen LogP contribution >= 0.6 is 23.2 Å². The molecule has 0 spiro atoms. The van der Waals surface area contributed by atoms with E-state index in [0.29, 0.717) is 16.1 Å². The molecule has 0 bridgehead atoms. The van der Waals surface area contributed by atoms with Crippen LogP contribution in [0.2, 0.25) is 10.0 Å². The molecule has 0 fully saturated rings. The second-order valence-electron chi connectivity index (χ2n) is 5.02. The molecular formula is C16H16Cl2N2. The van der Waals surface area contributed by atoms with Gasteiger partial charge in [0.1, 0.15) is 0 Å². The number of halogens is 2. The van der Waals surface area contributed by atoms with Crippen LogP contribution in [0.25, 0.3) is 0 Å². The third-order valence-electron chi connectivity index (χ3n) is 3.76. The first kappa shape index (κ1) is 13.9. The summed E-state index contributed by atoms with van der Waals surface area (Å²) in [6.45, 7) is 0. The Morgan fingerprint density at radius 2 is 1.80 bits per heavy atom. The molecule has 0 radical (unpaired) electrons. The number of nitrogens with one attached hydrogen (secondary N) is 2. The normalized spacial score (nSPS) is 20.9. The summed E-state index contributed by atoms with van der Waals surface area (Å²) in [7, 11) is 1.97. The molecule has 0 aromatic heterocycles. The van der Waals surface area contributed by atoms with Gasteiger partial charge in [-0.25, -0.2) is 0 Å². The predicted octanol–water partition coefficient (Wildman–Crippen LogP) is 4.10. The van der Waals surface area contributed by atoms with E-state index in [-0.39, 0.29) is 6.17 Å². The average molecular weight is 307 g/mol. The van der Waals surface area contributed by atoms with E-state index < -0.39 is 0 Å². The van der Waals surface area contributed by atoms with Gasteiger partial charge in [0.25, 0.3) is 0 Å². The van der Waals surface area contributed by atoms with Gasteiger partial charge in [-0.3, -0.25) is 5.32 Å². The summed E-state index contributed by atoms with van der Waals surface area (Å²) in [5, 5.41) is 8.11. The molecule has 1 heterocycles. The molecule has 104 valence electrons. The zero-order valence-corrected chi connectivity index (χ0v) is 12.7. The van der Waals surface area contributed by atoms with E-state index in [9.17, 15) is 0 Å². The lowest BCUT2D eigenvalue weighted by molar-refractivity contribution is 0.450. The molecule has 20 heavy (non-hydrogen) atoms. The zero-order chi connectivity index (χ0) is 14.1. The van der Waals surface area contributed by atoms with Crippen LogP contribution in [-0.2, 0) is 6.42 Å². The van der Waals surface area contributed by atoms with Crippen molar-refractivity contribution in [3.63, 3.8) is 0 Å². The Hall–Kier alpha value is -1.06. The smallest absolute Gasteiger partial charge is 0.0841 e. The van der Waals surface area contributed by atoms with Crippen LogP contribution < -0.4 is 10.6 Å². The first-order valence-electron chi connectivity index (χ1n) is 6.65. The van der Waals surface area contributed by atoms with Gasteiger partial charge in [0.15, 0.2) is 0 Å². The van der Waals surface area contributed by atoms with Gasteiger partial charge in [-0.1, -0.05) is 53.5 Å². The van der Waals surface area contributed by atoms with E-state index in [2.05, 4.69) is 34.9 Å². The minimum absolute atomic E-state index is 0.207. The quantitative estimate of drug-likeness (QED) is 0.892. The van der Waals surface area contributed by atoms with Gasteiger partial charge in [-0.15, -0.1) is 0 Å². The van der Waals surface area contributed by atoms with E-state index in [0.717, 1.165) is 6.42 Å². The Morgan fingerprint density at radius 3 is 2.50 bits per heavy atom. The van der Waals surface area contributed by atoms with Gasteiger partial charge in [0.2, 0.25) is 0 Å². The van der Waals surface area contributed by atoms with Crippen LogP contribution in [0, 0.1) is 0 Å². The maximum absolute atomic E-state index is 6.09. The highest BCUT2D eigenvalue weighted by molar-refractivity contribution is 6.42. The van der Waals surface area contributed by atoms with Crippen molar-refractivity contribution in [1.29, 1.82) is 0 Å². The highest BCUT2D eigenvalue weighted by atomic mass is 35.5. The number of fused-ring (bicyclic) bond motifs is 1. The van der Waals surface area contributed by atoms with Crippen molar-refractivity contribution in [3.8, 4) is 0 Å². The van der Waals surface area contributed by atoms with E-state index in [4.69, 9.17) is 23.2 Å². The molecule has 2 atom stereocenters.